The summed E-state index contributed by atoms with van der Waals surface area (Å²) in [4.78, 5) is 0. The molecule has 554 valence electrons. The fraction of sp³-hybridized carbons (Fsp3) is 1.00. The highest BCUT2D eigenvalue weighted by Gasteiger charge is 2.36. The molecule has 0 spiro atoms. The molecule has 0 heterocycles. The standard InChI is InChI=1S/2C6H11F3.2C6H14.2C5H9F3.3C5H10F2.C5H11F.3C5H12/c2*1-3-4-5(2)6(7,8)9;1-5-6(2,3)4;1-4-5-6(2)3;2*1-3-4(2)5(6,7)8;2*1-3-4-5(2,6)7;1-3-4(2)5(6)7;1-3-5(2)4-6;3*1-4-5(2)3/h2*5H,3-4H2,1-2H3;5H2,1-4H3;6H,4-5H2,1-3H3;2*4H,3H2,1-2H3;2*3-4H2,1-2H3;4-5H,3H2,1-2H3;5H,3-4H2,1-2H3;3*5H,4H2,1-3H3/i3D2;;;;3D2;;;;;;;;. The Labute approximate surface area is 538 Å². The van der Waals surface area contributed by atoms with Crippen molar-refractivity contribution in [3.63, 3.8) is 0 Å². The first-order chi connectivity index (χ1) is 40.5. The van der Waals surface area contributed by atoms with E-state index in [0.29, 0.717) is 31.1 Å². The molecule has 0 saturated carbocycles. The van der Waals surface area contributed by atoms with E-state index in [9.17, 15) is 83.4 Å². The van der Waals surface area contributed by atoms with Crippen molar-refractivity contribution in [3.8, 4) is 0 Å². The maximum atomic E-state index is 11.8. The Kier molecular flexibility index (Phi) is 85.7. The van der Waals surface area contributed by atoms with Crippen molar-refractivity contribution in [2.24, 2.45) is 64.6 Å². The SMILES string of the molecule is CCC(C)(C)C.CCC(C)C.CCC(C)C.CCC(C)C.CCC(C)C(F)(F)F.CCC(C)C(F)F.CCC(C)CF.CCCC(C)(F)F.CCCC(C)(F)F.CCCC(C)C.CCCC(C)C(F)(F)F.[2H]C([2H])(C)C(C)C(F)(F)F.[2H]C([2H])(C)CC(C)C(F)(F)F. The van der Waals surface area contributed by atoms with Crippen LogP contribution in [-0.2, 0) is 0 Å². The van der Waals surface area contributed by atoms with E-state index in [2.05, 4.69) is 111 Å². The molecule has 0 N–H and O–H groups in total. The summed E-state index contributed by atoms with van der Waals surface area (Å²) >= 11 is 0. The molecule has 0 aromatic carbocycles. The van der Waals surface area contributed by atoms with E-state index in [4.69, 9.17) is 5.48 Å². The van der Waals surface area contributed by atoms with Gasteiger partial charge in [0.25, 0.3) is 0 Å². The molecule has 0 aromatic rings. The van der Waals surface area contributed by atoms with Crippen molar-refractivity contribution >= 4 is 0 Å². The lowest BCUT2D eigenvalue weighted by Crippen LogP contribution is -2.19. The molecule has 0 rings (SSSR count). The van der Waals surface area contributed by atoms with Crippen LogP contribution in [0.15, 0.2) is 0 Å². The third-order valence-corrected chi connectivity index (χ3v) is 12.2. The lowest BCUT2D eigenvalue weighted by Gasteiger charge is -2.13. The Bertz CT molecular complexity index is 1340. The Hall–Kier alpha value is -1.33. The van der Waals surface area contributed by atoms with Crippen molar-refractivity contribution in [3.05, 3.63) is 0 Å². The number of hydrogen-bond acceptors (Lipinski definition) is 0. The summed E-state index contributed by atoms with van der Waals surface area (Å²) in [6.45, 7) is 57.6. The highest BCUT2D eigenvalue weighted by molar-refractivity contribution is 4.62. The van der Waals surface area contributed by atoms with E-state index in [1.54, 1.807) is 34.6 Å². The summed E-state index contributed by atoms with van der Waals surface area (Å²) in [6, 6.07) is 0. The predicted molar refractivity (Wildman–Crippen MR) is 348 cm³/mol. The number of rotatable bonds is 19. The van der Waals surface area contributed by atoms with Crippen LogP contribution in [0.2, 0.25) is 0 Å². The number of hydrogen-bond donors (Lipinski definition) is 0. The zero-order valence-electron chi connectivity index (χ0n) is 66.1. The van der Waals surface area contributed by atoms with Crippen molar-refractivity contribution < 1.29 is 88.9 Å². The molecule has 0 nitrogen and oxygen atoms in total. The smallest absolute Gasteiger partial charge is 0.251 e. The highest BCUT2D eigenvalue weighted by atomic mass is 19.4. The van der Waals surface area contributed by atoms with E-state index in [-0.39, 0.29) is 38.3 Å². The normalized spacial score (nSPS) is 14.4. The molecular formula is C69H145F19. The third kappa shape index (κ3) is 151. The van der Waals surface area contributed by atoms with Gasteiger partial charge < -0.3 is 0 Å². The molecule has 0 aliphatic carbocycles. The molecule has 19 heteroatoms. The van der Waals surface area contributed by atoms with Gasteiger partial charge >= 0.3 is 24.7 Å². The summed E-state index contributed by atoms with van der Waals surface area (Å²) in [6.07, 6.45) is -11.7. The van der Waals surface area contributed by atoms with Gasteiger partial charge in [0.05, 0.1) is 30.3 Å². The molecule has 0 fully saturated rings. The average molecular weight is 1340 g/mol. The lowest BCUT2D eigenvalue weighted by atomic mass is 9.94. The molecular weight excluding hydrogens is 1190 g/mol. The van der Waals surface area contributed by atoms with Gasteiger partial charge in [-0.2, -0.15) is 52.7 Å². The van der Waals surface area contributed by atoms with Gasteiger partial charge in [-0.25, -0.2) is 26.3 Å². The maximum absolute atomic E-state index is 11.8. The Morgan fingerprint density at radius 3 is 0.614 bits per heavy atom. The fourth-order valence-corrected chi connectivity index (χ4v) is 3.16. The minimum Gasteiger partial charge on any atom is -0.251 e. The molecule has 0 aliphatic rings. The summed E-state index contributed by atoms with van der Waals surface area (Å²) in [7, 11) is 0. The van der Waals surface area contributed by atoms with Crippen LogP contribution in [0.3, 0.4) is 0 Å². The number of halogens is 19. The average Bonchev–Trinajstić information content (AvgIpc) is 2.77. The minimum absolute atomic E-state index is 0.00694. The second kappa shape index (κ2) is 71.5. The van der Waals surface area contributed by atoms with Crippen LogP contribution in [0.4, 0.5) is 83.4 Å². The first-order valence-electron chi connectivity index (χ1n) is 34.4. The molecule has 6 atom stereocenters. The maximum Gasteiger partial charge on any atom is 0.391 e. The molecule has 88 heavy (non-hydrogen) atoms. The van der Waals surface area contributed by atoms with Gasteiger partial charge in [0.2, 0.25) is 18.3 Å². The second-order valence-corrected chi connectivity index (χ2v) is 25.2. The molecule has 6 unspecified atom stereocenters. The van der Waals surface area contributed by atoms with Crippen LogP contribution in [0.1, 0.15) is 343 Å². The van der Waals surface area contributed by atoms with E-state index in [0.717, 1.165) is 71.6 Å². The monoisotopic (exact) mass is 1340 g/mol. The highest BCUT2D eigenvalue weighted by Crippen LogP contribution is 2.31. The zero-order valence-corrected chi connectivity index (χ0v) is 62.1. The van der Waals surface area contributed by atoms with E-state index in [1.807, 2.05) is 13.8 Å². The van der Waals surface area contributed by atoms with E-state index < -0.39 is 91.7 Å². The van der Waals surface area contributed by atoms with Crippen LogP contribution in [0, 0.1) is 64.6 Å². The Balaban J connectivity index is -0.0000000673. The largest absolute Gasteiger partial charge is 0.391 e. The van der Waals surface area contributed by atoms with Crippen LogP contribution in [-0.4, -0.2) is 49.7 Å². The third-order valence-electron chi connectivity index (χ3n) is 12.2. The molecule has 0 radical (unpaired) electrons. The first kappa shape index (κ1) is 105. The van der Waals surface area contributed by atoms with Crippen LogP contribution < -0.4 is 0 Å². The van der Waals surface area contributed by atoms with Gasteiger partial charge in [0, 0.05) is 24.2 Å². The molecule has 0 aromatic heterocycles. The fourth-order valence-electron chi connectivity index (χ4n) is 3.16. The summed E-state index contributed by atoms with van der Waals surface area (Å²) < 4.78 is 248. The minimum atomic E-state index is -4.43. The van der Waals surface area contributed by atoms with Gasteiger partial charge in [-0.3, -0.25) is 4.39 Å². The quantitative estimate of drug-likeness (QED) is 0.113. The van der Waals surface area contributed by atoms with Crippen molar-refractivity contribution in [1.29, 1.82) is 0 Å². The van der Waals surface area contributed by atoms with Gasteiger partial charge in [-0.05, 0) is 80.9 Å². The summed E-state index contributed by atoms with van der Waals surface area (Å²) in [5.74, 6) is -7.27. The van der Waals surface area contributed by atoms with Crippen LogP contribution in [0.25, 0.3) is 0 Å². The lowest BCUT2D eigenvalue weighted by molar-refractivity contribution is -0.171. The van der Waals surface area contributed by atoms with Gasteiger partial charge in [0.1, 0.15) is 0 Å². The van der Waals surface area contributed by atoms with E-state index >= 15 is 0 Å². The molecule has 0 bridgehead atoms. The van der Waals surface area contributed by atoms with Gasteiger partial charge in [0.15, 0.2) is 0 Å². The van der Waals surface area contributed by atoms with Crippen LogP contribution >= 0.6 is 0 Å². The summed E-state index contributed by atoms with van der Waals surface area (Å²) in [5, 5.41) is 0. The van der Waals surface area contributed by atoms with Crippen LogP contribution in [0.5, 0.6) is 0 Å². The molecule has 0 aliphatic heterocycles. The van der Waals surface area contributed by atoms with Crippen molar-refractivity contribution in [2.45, 2.75) is 380 Å². The predicted octanol–water partition coefficient (Wildman–Crippen LogP) is 31.4. The topological polar surface area (TPSA) is 0 Å². The second-order valence-electron chi connectivity index (χ2n) is 25.2. The molecule has 0 amide bonds. The molecule has 0 saturated heterocycles. The van der Waals surface area contributed by atoms with Gasteiger partial charge in [-0.1, -0.05) is 278 Å². The first-order valence-corrected chi connectivity index (χ1v) is 32.4. The zero-order chi connectivity index (χ0) is 77.9. The Morgan fingerprint density at radius 2 is 0.591 bits per heavy atom. The van der Waals surface area contributed by atoms with Gasteiger partial charge in [-0.15, -0.1) is 0 Å². The number of alkyl halides is 19. The van der Waals surface area contributed by atoms with Crippen molar-refractivity contribution in [2.75, 3.05) is 6.67 Å². The summed E-state index contributed by atoms with van der Waals surface area (Å²) in [5.41, 5.74) is 0.542. The van der Waals surface area contributed by atoms with E-state index in [1.165, 1.54) is 59.3 Å². The van der Waals surface area contributed by atoms with Crippen molar-refractivity contribution in [1.82, 2.24) is 0 Å². The Morgan fingerprint density at radius 1 is 0.330 bits per heavy atom.